The van der Waals surface area contributed by atoms with E-state index in [9.17, 15) is 9.59 Å². The molecule has 1 saturated heterocycles. The van der Waals surface area contributed by atoms with Crippen LogP contribution < -0.4 is 10.6 Å². The number of nitrogens with zero attached hydrogens (tertiary/aromatic N) is 2. The highest BCUT2D eigenvalue weighted by molar-refractivity contribution is 5.78. The molecule has 2 amide bonds. The van der Waals surface area contributed by atoms with Gasteiger partial charge in [0.15, 0.2) is 0 Å². The van der Waals surface area contributed by atoms with Gasteiger partial charge >= 0.3 is 0 Å². The van der Waals surface area contributed by atoms with E-state index in [1.54, 1.807) is 0 Å². The van der Waals surface area contributed by atoms with Crippen molar-refractivity contribution in [1.29, 1.82) is 0 Å². The molecule has 3 rings (SSSR count). The van der Waals surface area contributed by atoms with Crippen LogP contribution in [0, 0.1) is 17.8 Å². The normalized spacial score (nSPS) is 18.6. The third-order valence-electron chi connectivity index (χ3n) is 8.11. The van der Waals surface area contributed by atoms with Crippen molar-refractivity contribution in [2.75, 3.05) is 24.5 Å². The molecule has 1 aromatic rings. The smallest absolute Gasteiger partial charge is 0.222 e. The SMILES string of the molecule is CC(C)CCN(c1ccc(CCC2CCCCC2)cc1)C1CCN(C(=O)CC(C)CC(N)=O)CC1. The molecule has 0 aromatic heterocycles. The number of hydrogen-bond donors (Lipinski definition) is 1. The molecule has 0 spiro atoms. The van der Waals surface area contributed by atoms with Gasteiger partial charge in [0.05, 0.1) is 0 Å². The van der Waals surface area contributed by atoms with E-state index in [0.717, 1.165) is 38.4 Å². The first kappa shape index (κ1) is 27.5. The average Bonchev–Trinajstić information content (AvgIpc) is 2.84. The van der Waals surface area contributed by atoms with Gasteiger partial charge in [-0.1, -0.05) is 65.0 Å². The number of piperidine rings is 1. The van der Waals surface area contributed by atoms with Crippen LogP contribution in [-0.2, 0) is 16.0 Å². The van der Waals surface area contributed by atoms with Crippen LogP contribution in [0.3, 0.4) is 0 Å². The Kier molecular flexibility index (Phi) is 10.9. The fourth-order valence-corrected chi connectivity index (χ4v) is 5.89. The number of likely N-dealkylation sites (tertiary alicyclic amines) is 1. The Bertz CT molecular complexity index is 777. The third-order valence-corrected chi connectivity index (χ3v) is 8.11. The number of benzene rings is 1. The summed E-state index contributed by atoms with van der Waals surface area (Å²) in [7, 11) is 0. The van der Waals surface area contributed by atoms with Gasteiger partial charge in [0.2, 0.25) is 11.8 Å². The second-order valence-corrected chi connectivity index (χ2v) is 11.7. The maximum atomic E-state index is 12.7. The Morgan fingerprint density at radius 1 is 0.971 bits per heavy atom. The number of amides is 2. The van der Waals surface area contributed by atoms with Crippen molar-refractivity contribution in [3.05, 3.63) is 29.8 Å². The van der Waals surface area contributed by atoms with E-state index in [2.05, 4.69) is 43.0 Å². The first-order valence-corrected chi connectivity index (χ1v) is 14.2. The molecule has 5 nitrogen and oxygen atoms in total. The standard InChI is InChI=1S/C30H49N3O2/c1-23(2)15-20-33(27-13-11-26(12-14-27)10-9-25-7-5-4-6-8-25)28-16-18-32(19-17-28)30(35)22-24(3)21-29(31)34/h11-14,23-25,28H,4-10,15-22H2,1-3H3,(H2,31,34). The minimum Gasteiger partial charge on any atom is -0.370 e. The Hall–Kier alpha value is -2.04. The summed E-state index contributed by atoms with van der Waals surface area (Å²) in [4.78, 5) is 28.5. The first-order chi connectivity index (χ1) is 16.8. The number of carbonyl (C=O) groups is 2. The number of nitrogens with two attached hydrogens (primary N) is 1. The summed E-state index contributed by atoms with van der Waals surface area (Å²) in [5, 5.41) is 0. The number of rotatable bonds is 12. The zero-order valence-electron chi connectivity index (χ0n) is 22.5. The zero-order valence-corrected chi connectivity index (χ0v) is 22.5. The van der Waals surface area contributed by atoms with Gasteiger partial charge in [-0.3, -0.25) is 9.59 Å². The molecule has 0 radical (unpaired) electrons. The predicted octanol–water partition coefficient (Wildman–Crippen LogP) is 5.94. The maximum Gasteiger partial charge on any atom is 0.222 e. The van der Waals surface area contributed by atoms with E-state index < -0.39 is 0 Å². The lowest BCUT2D eigenvalue weighted by atomic mass is 9.85. The highest BCUT2D eigenvalue weighted by Crippen LogP contribution is 2.29. The largest absolute Gasteiger partial charge is 0.370 e. The number of carbonyl (C=O) groups excluding carboxylic acids is 2. The zero-order chi connectivity index (χ0) is 25.2. The summed E-state index contributed by atoms with van der Waals surface area (Å²) in [5.74, 6) is 1.44. The van der Waals surface area contributed by atoms with E-state index in [1.165, 1.54) is 62.6 Å². The second-order valence-electron chi connectivity index (χ2n) is 11.7. The van der Waals surface area contributed by atoms with Crippen LogP contribution in [0.15, 0.2) is 24.3 Å². The molecule has 1 aromatic carbocycles. The van der Waals surface area contributed by atoms with Crippen LogP contribution in [0.25, 0.3) is 0 Å². The second kappa shape index (κ2) is 13.9. The lowest BCUT2D eigenvalue weighted by Crippen LogP contribution is -2.47. The van der Waals surface area contributed by atoms with Crippen LogP contribution in [0.4, 0.5) is 5.69 Å². The Balaban J connectivity index is 1.55. The molecule has 2 fully saturated rings. The number of hydrogen-bond acceptors (Lipinski definition) is 3. The predicted molar refractivity (Wildman–Crippen MR) is 145 cm³/mol. The van der Waals surface area contributed by atoms with Gasteiger partial charge in [-0.05, 0) is 67.6 Å². The molecule has 1 saturated carbocycles. The minimum atomic E-state index is -0.329. The summed E-state index contributed by atoms with van der Waals surface area (Å²) < 4.78 is 0. The van der Waals surface area contributed by atoms with E-state index in [4.69, 9.17) is 5.73 Å². The quantitative estimate of drug-likeness (QED) is 0.400. The van der Waals surface area contributed by atoms with Crippen LogP contribution >= 0.6 is 0 Å². The summed E-state index contributed by atoms with van der Waals surface area (Å²) in [6.45, 7) is 9.17. The maximum absolute atomic E-state index is 12.7. The lowest BCUT2D eigenvalue weighted by molar-refractivity contribution is -0.133. The fraction of sp³-hybridized carbons (Fsp3) is 0.733. The molecular weight excluding hydrogens is 434 g/mol. The summed E-state index contributed by atoms with van der Waals surface area (Å²) >= 11 is 0. The first-order valence-electron chi connectivity index (χ1n) is 14.2. The van der Waals surface area contributed by atoms with Gasteiger partial charge in [0.25, 0.3) is 0 Å². The van der Waals surface area contributed by atoms with E-state index in [1.807, 2.05) is 11.8 Å². The molecule has 1 atom stereocenters. The number of anilines is 1. The highest BCUT2D eigenvalue weighted by Gasteiger charge is 2.28. The Morgan fingerprint density at radius 2 is 1.63 bits per heavy atom. The van der Waals surface area contributed by atoms with Gasteiger partial charge in [0.1, 0.15) is 0 Å². The molecule has 5 heteroatoms. The molecule has 1 aliphatic carbocycles. The van der Waals surface area contributed by atoms with Crippen molar-refractivity contribution in [3.63, 3.8) is 0 Å². The van der Waals surface area contributed by atoms with Crippen molar-refractivity contribution in [2.24, 2.45) is 23.5 Å². The molecule has 1 unspecified atom stereocenters. The van der Waals surface area contributed by atoms with E-state index in [-0.39, 0.29) is 24.2 Å². The van der Waals surface area contributed by atoms with Crippen molar-refractivity contribution in [1.82, 2.24) is 4.90 Å². The summed E-state index contributed by atoms with van der Waals surface area (Å²) in [5.41, 5.74) is 8.09. The van der Waals surface area contributed by atoms with Gasteiger partial charge in [0, 0.05) is 44.2 Å². The van der Waals surface area contributed by atoms with E-state index >= 15 is 0 Å². The lowest BCUT2D eigenvalue weighted by Gasteiger charge is -2.40. The molecule has 2 N–H and O–H groups in total. The van der Waals surface area contributed by atoms with Crippen LogP contribution in [0.2, 0.25) is 0 Å². The molecule has 1 heterocycles. The fourth-order valence-electron chi connectivity index (χ4n) is 5.89. The van der Waals surface area contributed by atoms with E-state index in [0.29, 0.717) is 18.4 Å². The monoisotopic (exact) mass is 483 g/mol. The van der Waals surface area contributed by atoms with Crippen LogP contribution in [0.5, 0.6) is 0 Å². The Morgan fingerprint density at radius 3 is 2.23 bits per heavy atom. The van der Waals surface area contributed by atoms with Crippen LogP contribution in [-0.4, -0.2) is 42.4 Å². The van der Waals surface area contributed by atoms with Gasteiger partial charge in [-0.25, -0.2) is 0 Å². The number of aryl methyl sites for hydroxylation is 1. The topological polar surface area (TPSA) is 66.6 Å². The van der Waals surface area contributed by atoms with Crippen molar-refractivity contribution >= 4 is 17.5 Å². The molecule has 1 aliphatic heterocycles. The summed E-state index contributed by atoms with van der Waals surface area (Å²) in [6, 6.07) is 9.83. The molecule has 0 bridgehead atoms. The molecule has 196 valence electrons. The summed E-state index contributed by atoms with van der Waals surface area (Å²) in [6.07, 6.45) is 13.5. The Labute approximate surface area is 213 Å². The average molecular weight is 484 g/mol. The highest BCUT2D eigenvalue weighted by atomic mass is 16.2. The van der Waals surface area contributed by atoms with Gasteiger partial charge in [-0.15, -0.1) is 0 Å². The molecule has 35 heavy (non-hydrogen) atoms. The minimum absolute atomic E-state index is 0.0110. The van der Waals surface area contributed by atoms with Crippen molar-refractivity contribution in [3.8, 4) is 0 Å². The molecule has 2 aliphatic rings. The van der Waals surface area contributed by atoms with Crippen molar-refractivity contribution < 1.29 is 9.59 Å². The van der Waals surface area contributed by atoms with Gasteiger partial charge in [-0.2, -0.15) is 0 Å². The van der Waals surface area contributed by atoms with Crippen LogP contribution in [0.1, 0.15) is 97.0 Å². The molecular formula is C30H49N3O2. The third kappa shape index (κ3) is 9.16. The number of primary amides is 1. The van der Waals surface area contributed by atoms with Gasteiger partial charge < -0.3 is 15.5 Å². The van der Waals surface area contributed by atoms with Crippen molar-refractivity contribution in [2.45, 2.75) is 104 Å².